The summed E-state index contributed by atoms with van der Waals surface area (Å²) in [5.74, 6) is -0.834. The molecule has 0 fully saturated rings. The minimum Gasteiger partial charge on any atom is -0.326 e. The van der Waals surface area contributed by atoms with Crippen LogP contribution in [-0.2, 0) is 21.0 Å². The molecule has 0 saturated heterocycles. The van der Waals surface area contributed by atoms with Crippen LogP contribution < -0.4 is 15.4 Å². The zero-order chi connectivity index (χ0) is 25.1. The molecule has 3 aromatic carbocycles. The van der Waals surface area contributed by atoms with Crippen LogP contribution in [0.25, 0.3) is 0 Å². The molecule has 7 nitrogen and oxygen atoms in total. The predicted octanol–water partition coefficient (Wildman–Crippen LogP) is 5.03. The average molecular weight is 491 g/mol. The smallest absolute Gasteiger partial charge is 0.326 e. The van der Waals surface area contributed by atoms with E-state index in [1.165, 1.54) is 31.2 Å². The molecule has 0 aromatic heterocycles. The van der Waals surface area contributed by atoms with Crippen LogP contribution in [0.15, 0.2) is 71.6 Å². The molecule has 0 atom stereocenters. The molecule has 0 bridgehead atoms. The van der Waals surface area contributed by atoms with Crippen LogP contribution in [0.3, 0.4) is 0 Å². The van der Waals surface area contributed by atoms with E-state index in [4.69, 9.17) is 0 Å². The second kappa shape index (κ2) is 9.56. The van der Waals surface area contributed by atoms with Gasteiger partial charge in [0.1, 0.15) is 0 Å². The summed E-state index contributed by atoms with van der Waals surface area (Å²) in [6, 6.07) is 13.7. The molecule has 0 aliphatic heterocycles. The van der Waals surface area contributed by atoms with Crippen molar-refractivity contribution in [3.63, 3.8) is 0 Å². The van der Waals surface area contributed by atoms with E-state index < -0.39 is 27.7 Å². The van der Waals surface area contributed by atoms with Crippen LogP contribution in [0.1, 0.15) is 28.4 Å². The minimum atomic E-state index is -4.63. The number of benzene rings is 3. The van der Waals surface area contributed by atoms with Crippen LogP contribution in [0.5, 0.6) is 0 Å². The highest BCUT2D eigenvalue weighted by Gasteiger charge is 2.30. The lowest BCUT2D eigenvalue weighted by Gasteiger charge is -2.12. The largest absolute Gasteiger partial charge is 0.416 e. The molecule has 3 aromatic rings. The molecule has 0 radical (unpaired) electrons. The van der Waals surface area contributed by atoms with E-state index in [1.807, 2.05) is 0 Å². The number of aryl methyl sites for hydroxylation is 1. The van der Waals surface area contributed by atoms with Gasteiger partial charge in [0, 0.05) is 29.5 Å². The lowest BCUT2D eigenvalue weighted by molar-refractivity contribution is -0.137. The summed E-state index contributed by atoms with van der Waals surface area (Å²) in [5.41, 5.74) is 0.469. The van der Waals surface area contributed by atoms with Crippen molar-refractivity contribution in [3.8, 4) is 0 Å². The summed E-state index contributed by atoms with van der Waals surface area (Å²) in [5, 5.41) is 5.29. The zero-order valence-corrected chi connectivity index (χ0v) is 18.8. The van der Waals surface area contributed by atoms with Crippen molar-refractivity contribution < 1.29 is 31.2 Å². The van der Waals surface area contributed by atoms with Crippen molar-refractivity contribution in [1.29, 1.82) is 0 Å². The third-order valence-corrected chi connectivity index (χ3v) is 6.02. The van der Waals surface area contributed by atoms with Gasteiger partial charge in [-0.05, 0) is 67.1 Å². The molecule has 0 unspecified atom stereocenters. The number of hydrogen-bond acceptors (Lipinski definition) is 4. The monoisotopic (exact) mass is 491 g/mol. The van der Waals surface area contributed by atoms with E-state index in [2.05, 4.69) is 15.4 Å². The normalized spacial score (nSPS) is 11.6. The standard InChI is InChI=1S/C23H20F3N3O4S/c1-14-11-18(9-10-21(14)27-15(2)30)28-22(31)16-5-3-8-20(12-16)34(32,33)29-19-7-4-6-17(13-19)23(24,25)26/h3-13,29H,1-2H3,(H,27,30)(H,28,31). The summed E-state index contributed by atoms with van der Waals surface area (Å²) < 4.78 is 66.2. The summed E-state index contributed by atoms with van der Waals surface area (Å²) in [7, 11) is -4.27. The number of halogens is 3. The van der Waals surface area contributed by atoms with Gasteiger partial charge in [-0.25, -0.2) is 8.42 Å². The summed E-state index contributed by atoms with van der Waals surface area (Å²) in [4.78, 5) is 23.6. The second-order valence-corrected chi connectivity index (χ2v) is 9.06. The zero-order valence-electron chi connectivity index (χ0n) is 18.0. The fraction of sp³-hybridized carbons (Fsp3) is 0.130. The molecule has 3 rings (SSSR count). The molecule has 0 spiro atoms. The number of alkyl halides is 3. The molecule has 0 aliphatic rings. The molecular formula is C23H20F3N3O4S. The van der Waals surface area contributed by atoms with Crippen molar-refractivity contribution >= 4 is 38.9 Å². The number of sulfonamides is 1. The number of nitrogens with one attached hydrogen (secondary N) is 3. The molecule has 11 heteroatoms. The molecule has 3 N–H and O–H groups in total. The van der Waals surface area contributed by atoms with Gasteiger partial charge in [-0.15, -0.1) is 0 Å². The van der Waals surface area contributed by atoms with E-state index >= 15 is 0 Å². The summed E-state index contributed by atoms with van der Waals surface area (Å²) >= 11 is 0. The highest BCUT2D eigenvalue weighted by atomic mass is 32.2. The third-order valence-electron chi connectivity index (χ3n) is 4.64. The van der Waals surface area contributed by atoms with Gasteiger partial charge in [-0.3, -0.25) is 14.3 Å². The highest BCUT2D eigenvalue weighted by Crippen LogP contribution is 2.31. The SMILES string of the molecule is CC(=O)Nc1ccc(NC(=O)c2cccc(S(=O)(=O)Nc3cccc(C(F)(F)F)c3)c2)cc1C. The molecule has 0 aliphatic carbocycles. The van der Waals surface area contributed by atoms with Crippen molar-refractivity contribution in [2.24, 2.45) is 0 Å². The maximum Gasteiger partial charge on any atom is 0.416 e. The fourth-order valence-electron chi connectivity index (χ4n) is 3.05. The Kier molecular flexibility index (Phi) is 6.96. The minimum absolute atomic E-state index is 0.0236. The van der Waals surface area contributed by atoms with Gasteiger partial charge in [0.15, 0.2) is 0 Å². The Morgan fingerprint density at radius 3 is 2.21 bits per heavy atom. The number of hydrogen-bond donors (Lipinski definition) is 3. The molecule has 34 heavy (non-hydrogen) atoms. The fourth-order valence-corrected chi connectivity index (χ4v) is 4.15. The summed E-state index contributed by atoms with van der Waals surface area (Å²) in [6.07, 6.45) is -4.63. The Morgan fingerprint density at radius 1 is 0.853 bits per heavy atom. The van der Waals surface area contributed by atoms with Crippen LogP contribution in [0.2, 0.25) is 0 Å². The summed E-state index contributed by atoms with van der Waals surface area (Å²) in [6.45, 7) is 3.12. The highest BCUT2D eigenvalue weighted by molar-refractivity contribution is 7.92. The maximum atomic E-state index is 12.9. The Hall–Kier alpha value is -3.86. The van der Waals surface area contributed by atoms with E-state index in [9.17, 15) is 31.2 Å². The molecule has 178 valence electrons. The van der Waals surface area contributed by atoms with Crippen LogP contribution >= 0.6 is 0 Å². The Morgan fingerprint density at radius 2 is 1.56 bits per heavy atom. The van der Waals surface area contributed by atoms with Crippen LogP contribution in [0.4, 0.5) is 30.2 Å². The lowest BCUT2D eigenvalue weighted by atomic mass is 10.1. The van der Waals surface area contributed by atoms with Gasteiger partial charge in [-0.1, -0.05) is 12.1 Å². The molecular weight excluding hydrogens is 471 g/mol. The Labute approximate surface area is 194 Å². The molecule has 0 heterocycles. The second-order valence-electron chi connectivity index (χ2n) is 7.38. The maximum absolute atomic E-state index is 12.9. The number of carbonyl (C=O) groups excluding carboxylic acids is 2. The quantitative estimate of drug-likeness (QED) is 0.450. The Balaban J connectivity index is 1.79. The van der Waals surface area contributed by atoms with Crippen molar-refractivity contribution in [2.45, 2.75) is 24.9 Å². The lowest BCUT2D eigenvalue weighted by Crippen LogP contribution is -2.16. The first-order chi connectivity index (χ1) is 15.8. The number of rotatable bonds is 6. The first-order valence-corrected chi connectivity index (χ1v) is 11.3. The van der Waals surface area contributed by atoms with Crippen LogP contribution in [-0.4, -0.2) is 20.2 Å². The Bertz CT molecular complexity index is 1360. The van der Waals surface area contributed by atoms with E-state index in [-0.39, 0.29) is 22.1 Å². The van der Waals surface area contributed by atoms with Crippen LogP contribution in [0, 0.1) is 6.92 Å². The number of amides is 2. The van der Waals surface area contributed by atoms with Gasteiger partial charge in [0.2, 0.25) is 5.91 Å². The van der Waals surface area contributed by atoms with Gasteiger partial charge >= 0.3 is 6.18 Å². The van der Waals surface area contributed by atoms with Gasteiger partial charge in [0.05, 0.1) is 10.5 Å². The van der Waals surface area contributed by atoms with E-state index in [1.54, 1.807) is 25.1 Å². The molecule has 2 amide bonds. The topological polar surface area (TPSA) is 104 Å². The molecule has 0 saturated carbocycles. The van der Waals surface area contributed by atoms with Crippen molar-refractivity contribution in [2.75, 3.05) is 15.4 Å². The van der Waals surface area contributed by atoms with Gasteiger partial charge in [-0.2, -0.15) is 13.2 Å². The predicted molar refractivity (Wildman–Crippen MR) is 122 cm³/mol. The van der Waals surface area contributed by atoms with Gasteiger partial charge < -0.3 is 10.6 Å². The first-order valence-electron chi connectivity index (χ1n) is 9.85. The number of carbonyl (C=O) groups is 2. The van der Waals surface area contributed by atoms with Crippen molar-refractivity contribution in [3.05, 3.63) is 83.4 Å². The van der Waals surface area contributed by atoms with Crippen molar-refractivity contribution in [1.82, 2.24) is 0 Å². The average Bonchev–Trinajstić information content (AvgIpc) is 2.75. The third kappa shape index (κ3) is 6.13. The number of anilines is 3. The van der Waals surface area contributed by atoms with E-state index in [0.717, 1.165) is 18.2 Å². The van der Waals surface area contributed by atoms with E-state index in [0.29, 0.717) is 23.0 Å². The first kappa shape index (κ1) is 24.8. The van der Waals surface area contributed by atoms with Gasteiger partial charge in [0.25, 0.3) is 15.9 Å².